The first-order valence-electron chi connectivity index (χ1n) is 8.48. The first-order chi connectivity index (χ1) is 13.4. The van der Waals surface area contributed by atoms with Crippen LogP contribution in [0.25, 0.3) is 0 Å². The highest BCUT2D eigenvalue weighted by Gasteiger charge is 2.19. The monoisotopic (exact) mass is 388 g/mol. The third-order valence-electron chi connectivity index (χ3n) is 3.75. The molecule has 0 bridgehead atoms. The number of hydrogen-bond acceptors (Lipinski definition) is 6. The van der Waals surface area contributed by atoms with Gasteiger partial charge in [0.05, 0.1) is 26.1 Å². The first-order valence-corrected chi connectivity index (χ1v) is 8.48. The highest BCUT2D eigenvalue weighted by Crippen LogP contribution is 2.23. The van der Waals surface area contributed by atoms with Gasteiger partial charge in [0.1, 0.15) is 17.6 Å². The van der Waals surface area contributed by atoms with Crippen LogP contribution < -0.4 is 9.47 Å². The molecule has 8 heteroatoms. The van der Waals surface area contributed by atoms with E-state index in [1.54, 1.807) is 12.1 Å². The lowest BCUT2D eigenvalue weighted by Gasteiger charge is -2.12. The summed E-state index contributed by atoms with van der Waals surface area (Å²) >= 11 is 0. The lowest BCUT2D eigenvalue weighted by molar-refractivity contribution is -0.138. The van der Waals surface area contributed by atoms with Crippen molar-refractivity contribution < 1.29 is 39.2 Å². The van der Waals surface area contributed by atoms with E-state index in [0.29, 0.717) is 17.1 Å². The molecule has 2 rings (SSSR count). The Morgan fingerprint density at radius 2 is 1.18 bits per heavy atom. The number of carboxylic acids is 2. The van der Waals surface area contributed by atoms with E-state index in [0.717, 1.165) is 0 Å². The minimum Gasteiger partial charge on any atom is -0.493 e. The van der Waals surface area contributed by atoms with Gasteiger partial charge in [-0.3, -0.25) is 14.4 Å². The molecule has 0 saturated heterocycles. The van der Waals surface area contributed by atoms with Crippen molar-refractivity contribution >= 4 is 17.7 Å². The predicted molar refractivity (Wildman–Crippen MR) is 97.7 cm³/mol. The fourth-order valence-corrected chi connectivity index (χ4v) is 2.28. The Balaban J connectivity index is 1.94. The minimum absolute atomic E-state index is 0.0200. The second-order valence-electron chi connectivity index (χ2n) is 5.84. The minimum atomic E-state index is -1.37. The van der Waals surface area contributed by atoms with E-state index in [1.165, 1.54) is 36.4 Å². The summed E-state index contributed by atoms with van der Waals surface area (Å²) < 4.78 is 10.5. The van der Waals surface area contributed by atoms with Crippen LogP contribution in [0.2, 0.25) is 0 Å². The van der Waals surface area contributed by atoms with Crippen molar-refractivity contribution in [2.45, 2.75) is 18.9 Å². The van der Waals surface area contributed by atoms with Gasteiger partial charge in [-0.1, -0.05) is 12.1 Å². The van der Waals surface area contributed by atoms with Crippen molar-refractivity contribution in [2.24, 2.45) is 0 Å². The van der Waals surface area contributed by atoms with E-state index < -0.39 is 23.8 Å². The second kappa shape index (κ2) is 10.1. The number of benzene rings is 2. The molecule has 28 heavy (non-hydrogen) atoms. The zero-order chi connectivity index (χ0) is 20.5. The van der Waals surface area contributed by atoms with Crippen LogP contribution in [-0.2, 0) is 9.59 Å². The third-order valence-corrected chi connectivity index (χ3v) is 3.75. The summed E-state index contributed by atoms with van der Waals surface area (Å²) in [5.41, 5.74) is 0.650. The van der Waals surface area contributed by atoms with Crippen molar-refractivity contribution in [2.75, 3.05) is 13.2 Å². The topological polar surface area (TPSA) is 130 Å². The normalized spacial score (nSPS) is 11.5. The van der Waals surface area contributed by atoms with Crippen molar-refractivity contribution in [1.82, 2.24) is 0 Å². The molecule has 8 nitrogen and oxygen atoms in total. The molecule has 0 heterocycles. The summed E-state index contributed by atoms with van der Waals surface area (Å²) in [6, 6.07) is 12.2. The number of rotatable bonds is 11. The highest BCUT2D eigenvalue weighted by atomic mass is 16.5. The van der Waals surface area contributed by atoms with Gasteiger partial charge in [0.15, 0.2) is 5.78 Å². The molecule has 2 aromatic rings. The smallest absolute Gasteiger partial charge is 0.306 e. The van der Waals surface area contributed by atoms with Gasteiger partial charge in [0, 0.05) is 5.56 Å². The summed E-state index contributed by atoms with van der Waals surface area (Å²) in [5, 5.41) is 27.4. The standard InChI is InChI=1S/C20H20O8/c21-17(22)9-11-27-15-5-1-13(2-6-15)19(25)20(26)14-3-7-16(8-4-14)28-12-10-18(23)24/h1-8,19,25H,9-12H2,(H,21,22)(H,23,24). The van der Waals surface area contributed by atoms with Gasteiger partial charge in [-0.15, -0.1) is 0 Å². The van der Waals surface area contributed by atoms with Crippen LogP contribution >= 0.6 is 0 Å². The number of carbonyl (C=O) groups excluding carboxylic acids is 1. The lowest BCUT2D eigenvalue weighted by Crippen LogP contribution is -2.12. The summed E-state index contributed by atoms with van der Waals surface area (Å²) in [5.74, 6) is -1.57. The van der Waals surface area contributed by atoms with Crippen LogP contribution in [0.3, 0.4) is 0 Å². The van der Waals surface area contributed by atoms with Crippen LogP contribution in [0.5, 0.6) is 11.5 Å². The first kappa shape index (κ1) is 20.9. The van der Waals surface area contributed by atoms with E-state index in [2.05, 4.69) is 0 Å². The third kappa shape index (κ3) is 6.40. The Bertz CT molecular complexity index is 811. The van der Waals surface area contributed by atoms with Crippen LogP contribution in [0.15, 0.2) is 48.5 Å². The van der Waals surface area contributed by atoms with Crippen molar-refractivity contribution in [3.63, 3.8) is 0 Å². The molecule has 1 unspecified atom stereocenters. The molecule has 0 aliphatic heterocycles. The van der Waals surface area contributed by atoms with Gasteiger partial charge < -0.3 is 24.8 Å². The molecule has 0 aromatic heterocycles. The SMILES string of the molecule is O=C(O)CCOc1ccc(C(=O)C(O)c2ccc(OCCC(=O)O)cc2)cc1. The molecular weight excluding hydrogens is 368 g/mol. The Kier molecular flexibility index (Phi) is 7.53. The Morgan fingerprint density at radius 3 is 1.61 bits per heavy atom. The summed E-state index contributed by atoms with van der Waals surface area (Å²) in [7, 11) is 0. The average Bonchev–Trinajstić information content (AvgIpc) is 2.67. The maximum absolute atomic E-state index is 12.4. The summed E-state index contributed by atoms with van der Waals surface area (Å²) in [4.78, 5) is 33.3. The van der Waals surface area contributed by atoms with Gasteiger partial charge in [0.2, 0.25) is 0 Å². The van der Waals surface area contributed by atoms with Crippen molar-refractivity contribution in [3.8, 4) is 11.5 Å². The van der Waals surface area contributed by atoms with Gasteiger partial charge in [-0.25, -0.2) is 0 Å². The average molecular weight is 388 g/mol. The lowest BCUT2D eigenvalue weighted by atomic mass is 10.00. The zero-order valence-electron chi connectivity index (χ0n) is 14.9. The fourth-order valence-electron chi connectivity index (χ4n) is 2.28. The predicted octanol–water partition coefficient (Wildman–Crippen LogP) is 2.31. The maximum Gasteiger partial charge on any atom is 0.306 e. The van der Waals surface area contributed by atoms with Crippen LogP contribution in [0, 0.1) is 0 Å². The summed E-state index contributed by atoms with van der Waals surface area (Å²) in [6.07, 6.45) is -1.62. The number of aliphatic carboxylic acids is 2. The molecule has 148 valence electrons. The highest BCUT2D eigenvalue weighted by molar-refractivity contribution is 5.99. The Morgan fingerprint density at radius 1 is 0.750 bits per heavy atom. The molecule has 0 aliphatic carbocycles. The zero-order valence-corrected chi connectivity index (χ0v) is 14.9. The van der Waals surface area contributed by atoms with E-state index in [-0.39, 0.29) is 31.6 Å². The molecular formula is C20H20O8. The molecule has 0 fully saturated rings. The quantitative estimate of drug-likeness (QED) is 0.500. The number of Topliss-reactive ketones (excluding diaryl/α,β-unsaturated/α-hetero) is 1. The fraction of sp³-hybridized carbons (Fsp3) is 0.250. The number of ketones is 1. The van der Waals surface area contributed by atoms with Gasteiger partial charge in [-0.05, 0) is 42.0 Å². The van der Waals surface area contributed by atoms with E-state index >= 15 is 0 Å². The Labute approximate surface area is 161 Å². The number of aliphatic hydroxyl groups is 1. The van der Waals surface area contributed by atoms with E-state index in [9.17, 15) is 19.5 Å². The second-order valence-corrected chi connectivity index (χ2v) is 5.84. The Hall–Kier alpha value is -3.39. The van der Waals surface area contributed by atoms with E-state index in [1.807, 2.05) is 0 Å². The van der Waals surface area contributed by atoms with Gasteiger partial charge >= 0.3 is 11.9 Å². The largest absolute Gasteiger partial charge is 0.493 e. The van der Waals surface area contributed by atoms with Gasteiger partial charge in [0.25, 0.3) is 0 Å². The molecule has 0 amide bonds. The molecule has 0 saturated carbocycles. The number of ether oxygens (including phenoxy) is 2. The van der Waals surface area contributed by atoms with Crippen LogP contribution in [0.4, 0.5) is 0 Å². The van der Waals surface area contributed by atoms with Crippen LogP contribution in [-0.4, -0.2) is 46.3 Å². The number of aliphatic hydroxyl groups excluding tert-OH is 1. The van der Waals surface area contributed by atoms with E-state index in [4.69, 9.17) is 19.7 Å². The van der Waals surface area contributed by atoms with Gasteiger partial charge in [-0.2, -0.15) is 0 Å². The molecule has 2 aromatic carbocycles. The molecule has 0 spiro atoms. The van der Waals surface area contributed by atoms with Crippen LogP contribution in [0.1, 0.15) is 34.9 Å². The number of carboxylic acid groups (broad SMARTS) is 2. The molecule has 0 radical (unpaired) electrons. The summed E-state index contributed by atoms with van der Waals surface area (Å²) in [6.45, 7) is 0.0448. The van der Waals surface area contributed by atoms with Crippen molar-refractivity contribution in [3.05, 3.63) is 59.7 Å². The maximum atomic E-state index is 12.4. The number of carbonyl (C=O) groups is 3. The molecule has 1 atom stereocenters. The molecule has 0 aliphatic rings. The molecule has 3 N–H and O–H groups in total. The van der Waals surface area contributed by atoms with Crippen molar-refractivity contribution in [1.29, 1.82) is 0 Å². The number of hydrogen-bond donors (Lipinski definition) is 3.